The molecule has 6 heteroatoms. The topological polar surface area (TPSA) is 68.1 Å². The van der Waals surface area contributed by atoms with Crippen molar-refractivity contribution in [2.24, 2.45) is 4.99 Å². The molecule has 1 N–H and O–H groups in total. The molecule has 0 spiro atoms. The molecule has 3 aromatic rings. The minimum Gasteiger partial charge on any atom is -0.507 e. The van der Waals surface area contributed by atoms with Crippen molar-refractivity contribution in [3.63, 3.8) is 0 Å². The summed E-state index contributed by atoms with van der Waals surface area (Å²) in [5, 5.41) is 10.7. The van der Waals surface area contributed by atoms with E-state index < -0.39 is 5.97 Å². The summed E-state index contributed by atoms with van der Waals surface area (Å²) < 4.78 is 10.7. The summed E-state index contributed by atoms with van der Waals surface area (Å²) in [5.74, 6) is 0.317. The molecule has 3 aromatic carbocycles. The Morgan fingerprint density at radius 2 is 1.79 bits per heavy atom. The molecule has 0 radical (unpaired) electrons. The lowest BCUT2D eigenvalue weighted by Gasteiger charge is -2.07. The van der Waals surface area contributed by atoms with Crippen LogP contribution in [0.5, 0.6) is 17.2 Å². The third kappa shape index (κ3) is 4.90. The van der Waals surface area contributed by atoms with Gasteiger partial charge in [-0.1, -0.05) is 23.7 Å². The van der Waals surface area contributed by atoms with Crippen LogP contribution in [0.25, 0.3) is 0 Å². The molecule has 0 unspecified atom stereocenters. The lowest BCUT2D eigenvalue weighted by atomic mass is 10.2. The van der Waals surface area contributed by atoms with Crippen LogP contribution in [-0.2, 0) is 0 Å². The average molecular weight is 396 g/mol. The van der Waals surface area contributed by atoms with Gasteiger partial charge < -0.3 is 14.6 Å². The molecule has 0 aliphatic rings. The van der Waals surface area contributed by atoms with Gasteiger partial charge in [-0.15, -0.1) is 0 Å². The van der Waals surface area contributed by atoms with Gasteiger partial charge in [0.1, 0.15) is 17.2 Å². The first-order valence-electron chi connectivity index (χ1n) is 8.63. The number of aromatic hydroxyl groups is 1. The number of carbonyl (C=O) groups excluding carboxylic acids is 1. The van der Waals surface area contributed by atoms with E-state index in [1.54, 1.807) is 48.5 Å². The number of esters is 1. The van der Waals surface area contributed by atoms with E-state index in [9.17, 15) is 9.90 Å². The summed E-state index contributed by atoms with van der Waals surface area (Å²) in [7, 11) is 0. The van der Waals surface area contributed by atoms with Gasteiger partial charge in [0.2, 0.25) is 0 Å². The third-order valence-corrected chi connectivity index (χ3v) is 4.13. The van der Waals surface area contributed by atoms with E-state index in [1.807, 2.05) is 19.1 Å². The standard InChI is InChI=1S/C22H18ClNO4/c1-2-27-17-10-7-15(8-11-17)22(26)28-18-12-9-16(21(25)13-18)14-24-20-6-4-3-5-19(20)23/h3-14,25H,2H2,1H3. The predicted octanol–water partition coefficient (Wildman–Crippen LogP) is 5.41. The van der Waals surface area contributed by atoms with Gasteiger partial charge in [0.05, 0.1) is 22.9 Å². The molecule has 0 atom stereocenters. The first-order valence-corrected chi connectivity index (χ1v) is 9.01. The van der Waals surface area contributed by atoms with Crippen molar-refractivity contribution in [1.82, 2.24) is 0 Å². The molecular weight excluding hydrogens is 378 g/mol. The Morgan fingerprint density at radius 1 is 1.07 bits per heavy atom. The van der Waals surface area contributed by atoms with E-state index in [0.717, 1.165) is 0 Å². The number of ether oxygens (including phenoxy) is 2. The monoisotopic (exact) mass is 395 g/mol. The number of nitrogens with zero attached hydrogens (tertiary/aromatic N) is 1. The highest BCUT2D eigenvalue weighted by Crippen LogP contribution is 2.26. The molecule has 0 amide bonds. The van der Waals surface area contributed by atoms with E-state index in [1.165, 1.54) is 12.3 Å². The van der Waals surface area contributed by atoms with E-state index >= 15 is 0 Å². The largest absolute Gasteiger partial charge is 0.507 e. The quantitative estimate of drug-likeness (QED) is 0.344. The van der Waals surface area contributed by atoms with Crippen LogP contribution in [0.2, 0.25) is 5.02 Å². The number of hydrogen-bond acceptors (Lipinski definition) is 5. The molecule has 142 valence electrons. The fraction of sp³-hybridized carbons (Fsp3) is 0.0909. The zero-order valence-corrected chi connectivity index (χ0v) is 15.9. The first-order chi connectivity index (χ1) is 13.6. The lowest BCUT2D eigenvalue weighted by molar-refractivity contribution is 0.0734. The van der Waals surface area contributed by atoms with Crippen LogP contribution >= 0.6 is 11.6 Å². The number of rotatable bonds is 6. The number of phenols is 1. The van der Waals surface area contributed by atoms with E-state index in [-0.39, 0.29) is 11.5 Å². The number of phenolic OH excluding ortho intramolecular Hbond substituents is 1. The maximum atomic E-state index is 12.2. The van der Waals surface area contributed by atoms with Crippen molar-refractivity contribution >= 4 is 29.5 Å². The summed E-state index contributed by atoms with van der Waals surface area (Å²) in [6, 6.07) is 18.3. The minimum absolute atomic E-state index is 0.0622. The van der Waals surface area contributed by atoms with Gasteiger partial charge in [0.25, 0.3) is 0 Å². The van der Waals surface area contributed by atoms with Crippen LogP contribution in [0.4, 0.5) is 5.69 Å². The fourth-order valence-electron chi connectivity index (χ4n) is 2.41. The molecular formula is C22H18ClNO4. The van der Waals surface area contributed by atoms with Crippen LogP contribution in [0.15, 0.2) is 71.7 Å². The Hall–Kier alpha value is -3.31. The number of carbonyl (C=O) groups is 1. The molecule has 3 rings (SSSR count). The summed E-state index contributed by atoms with van der Waals surface area (Å²) in [6.45, 7) is 2.44. The van der Waals surface area contributed by atoms with E-state index in [4.69, 9.17) is 21.1 Å². The molecule has 0 saturated heterocycles. The van der Waals surface area contributed by atoms with E-state index in [2.05, 4.69) is 4.99 Å². The molecule has 0 aromatic heterocycles. The van der Waals surface area contributed by atoms with Crippen molar-refractivity contribution in [3.05, 3.63) is 82.9 Å². The Kier molecular flexibility index (Phi) is 6.29. The third-order valence-electron chi connectivity index (χ3n) is 3.81. The summed E-state index contributed by atoms with van der Waals surface area (Å²) in [5.41, 5.74) is 1.45. The van der Waals surface area contributed by atoms with Crippen molar-refractivity contribution < 1.29 is 19.4 Å². The van der Waals surface area contributed by atoms with Gasteiger partial charge in [-0.05, 0) is 55.5 Å². The SMILES string of the molecule is CCOc1ccc(C(=O)Oc2ccc(C=Nc3ccccc3Cl)c(O)c2)cc1. The zero-order chi connectivity index (χ0) is 19.9. The van der Waals surface area contributed by atoms with Gasteiger partial charge in [-0.2, -0.15) is 0 Å². The second-order valence-corrected chi connectivity index (χ2v) is 6.18. The van der Waals surface area contributed by atoms with Crippen molar-refractivity contribution in [3.8, 4) is 17.2 Å². The Bertz CT molecular complexity index is 1000. The number of para-hydroxylation sites is 1. The Morgan fingerprint density at radius 3 is 2.46 bits per heavy atom. The molecule has 0 bridgehead atoms. The minimum atomic E-state index is -0.528. The number of halogens is 1. The highest BCUT2D eigenvalue weighted by atomic mass is 35.5. The second kappa shape index (κ2) is 9.06. The van der Waals surface area contributed by atoms with Crippen LogP contribution in [0.1, 0.15) is 22.8 Å². The fourth-order valence-corrected chi connectivity index (χ4v) is 2.60. The van der Waals surface area contributed by atoms with Crippen LogP contribution in [0.3, 0.4) is 0 Å². The van der Waals surface area contributed by atoms with Gasteiger partial charge in [0.15, 0.2) is 0 Å². The zero-order valence-electron chi connectivity index (χ0n) is 15.1. The number of hydrogen-bond donors (Lipinski definition) is 1. The predicted molar refractivity (Wildman–Crippen MR) is 109 cm³/mol. The van der Waals surface area contributed by atoms with Crippen LogP contribution < -0.4 is 9.47 Å². The van der Waals surface area contributed by atoms with Crippen molar-refractivity contribution in [2.45, 2.75) is 6.92 Å². The Balaban J connectivity index is 1.70. The highest BCUT2D eigenvalue weighted by molar-refractivity contribution is 6.33. The second-order valence-electron chi connectivity index (χ2n) is 5.78. The summed E-state index contributed by atoms with van der Waals surface area (Å²) >= 11 is 6.06. The number of benzene rings is 3. The summed E-state index contributed by atoms with van der Waals surface area (Å²) in [6.07, 6.45) is 1.49. The maximum absolute atomic E-state index is 12.2. The Labute approximate surface area is 167 Å². The van der Waals surface area contributed by atoms with Gasteiger partial charge >= 0.3 is 5.97 Å². The number of aliphatic imine (C=N–C) groups is 1. The smallest absolute Gasteiger partial charge is 0.343 e. The van der Waals surface area contributed by atoms with Crippen molar-refractivity contribution in [1.29, 1.82) is 0 Å². The van der Waals surface area contributed by atoms with Gasteiger partial charge in [-0.3, -0.25) is 4.99 Å². The molecule has 28 heavy (non-hydrogen) atoms. The van der Waals surface area contributed by atoms with Gasteiger partial charge in [-0.25, -0.2) is 4.79 Å². The molecule has 0 fully saturated rings. The molecule has 0 aliphatic carbocycles. The average Bonchev–Trinajstić information content (AvgIpc) is 2.69. The normalized spacial score (nSPS) is 10.8. The molecule has 0 saturated carbocycles. The molecule has 5 nitrogen and oxygen atoms in total. The maximum Gasteiger partial charge on any atom is 0.343 e. The first kappa shape index (κ1) is 19.5. The molecule has 0 heterocycles. The van der Waals surface area contributed by atoms with Crippen molar-refractivity contribution in [2.75, 3.05) is 6.61 Å². The highest BCUT2D eigenvalue weighted by Gasteiger charge is 2.10. The molecule has 0 aliphatic heterocycles. The van der Waals surface area contributed by atoms with Crippen LogP contribution in [0, 0.1) is 0 Å². The van der Waals surface area contributed by atoms with Gasteiger partial charge in [0, 0.05) is 17.8 Å². The van der Waals surface area contributed by atoms with Crippen LogP contribution in [-0.4, -0.2) is 23.9 Å². The van der Waals surface area contributed by atoms with E-state index in [0.29, 0.717) is 34.2 Å². The lowest BCUT2D eigenvalue weighted by Crippen LogP contribution is -2.08. The summed E-state index contributed by atoms with van der Waals surface area (Å²) in [4.78, 5) is 16.5.